The monoisotopic (exact) mass is 361 g/mol. The Bertz CT molecular complexity index is 988. The first-order valence-electron chi connectivity index (χ1n) is 9.31. The quantitative estimate of drug-likeness (QED) is 0.669. The predicted molar refractivity (Wildman–Crippen MR) is 107 cm³/mol. The molecule has 0 saturated carbocycles. The Kier molecular flexibility index (Phi) is 4.44. The van der Waals surface area contributed by atoms with Gasteiger partial charge in [-0.3, -0.25) is 9.59 Å². The van der Waals surface area contributed by atoms with Gasteiger partial charge in [-0.2, -0.15) is 0 Å². The van der Waals surface area contributed by atoms with E-state index < -0.39 is 6.04 Å². The van der Waals surface area contributed by atoms with Crippen molar-refractivity contribution in [3.8, 4) is 0 Å². The van der Waals surface area contributed by atoms with Crippen LogP contribution in [0, 0.1) is 0 Å². The third-order valence-corrected chi connectivity index (χ3v) is 5.21. The molecule has 2 aromatic carbocycles. The number of nitrogens with one attached hydrogen (secondary N) is 2. The number of β-lactam (4-membered cyclic amide) rings is 1. The van der Waals surface area contributed by atoms with Crippen LogP contribution >= 0.6 is 0 Å². The normalized spacial score (nSPS) is 15.1. The zero-order valence-corrected chi connectivity index (χ0v) is 15.5. The van der Waals surface area contributed by atoms with Crippen LogP contribution in [-0.2, 0) is 9.59 Å². The van der Waals surface area contributed by atoms with Crippen LogP contribution in [0.25, 0.3) is 10.9 Å². The molecular weight excluding hydrogens is 338 g/mol. The van der Waals surface area contributed by atoms with Crippen LogP contribution in [0.4, 0.5) is 5.69 Å². The molecule has 0 bridgehead atoms. The van der Waals surface area contributed by atoms with Gasteiger partial charge in [-0.15, -0.1) is 0 Å². The number of H-pyrrole nitrogens is 1. The lowest BCUT2D eigenvalue weighted by Gasteiger charge is -2.37. The van der Waals surface area contributed by atoms with E-state index in [-0.39, 0.29) is 11.8 Å². The molecule has 5 heteroatoms. The van der Waals surface area contributed by atoms with Crippen molar-refractivity contribution >= 4 is 28.4 Å². The number of amides is 2. The second-order valence-electron chi connectivity index (χ2n) is 7.30. The summed E-state index contributed by atoms with van der Waals surface area (Å²) in [6.07, 6.45) is 2.33. The van der Waals surface area contributed by atoms with Gasteiger partial charge < -0.3 is 15.2 Å². The van der Waals surface area contributed by atoms with Gasteiger partial charge in [0.1, 0.15) is 6.04 Å². The molecule has 0 radical (unpaired) electrons. The van der Waals surface area contributed by atoms with E-state index in [0.717, 1.165) is 22.2 Å². The van der Waals surface area contributed by atoms with Crippen molar-refractivity contribution < 1.29 is 9.59 Å². The SMILES string of the molecule is CC(C)c1ccc(NC(=O)[C@@H](c2c[nH]c3ccccc23)N2CCC2=O)cc1. The first-order valence-corrected chi connectivity index (χ1v) is 9.31. The molecule has 1 fully saturated rings. The Morgan fingerprint density at radius 2 is 1.85 bits per heavy atom. The lowest BCUT2D eigenvalue weighted by atomic mass is 9.99. The van der Waals surface area contributed by atoms with Crippen molar-refractivity contribution in [2.24, 2.45) is 0 Å². The summed E-state index contributed by atoms with van der Waals surface area (Å²) in [5.74, 6) is 0.258. The van der Waals surface area contributed by atoms with Gasteiger partial charge in [0.25, 0.3) is 5.91 Å². The topological polar surface area (TPSA) is 65.2 Å². The molecule has 138 valence electrons. The highest BCUT2D eigenvalue weighted by Crippen LogP contribution is 2.33. The molecule has 0 spiro atoms. The van der Waals surface area contributed by atoms with Gasteiger partial charge >= 0.3 is 0 Å². The number of aromatic amines is 1. The molecule has 1 aliphatic rings. The van der Waals surface area contributed by atoms with E-state index in [1.165, 1.54) is 5.56 Å². The average molecular weight is 361 g/mol. The van der Waals surface area contributed by atoms with Gasteiger partial charge in [0.05, 0.1) is 0 Å². The average Bonchev–Trinajstić information content (AvgIpc) is 3.08. The van der Waals surface area contributed by atoms with Gasteiger partial charge in [-0.05, 0) is 29.7 Å². The zero-order valence-electron chi connectivity index (χ0n) is 15.5. The molecule has 1 aliphatic heterocycles. The van der Waals surface area contributed by atoms with E-state index in [1.54, 1.807) is 4.90 Å². The summed E-state index contributed by atoms with van der Waals surface area (Å²) in [5.41, 5.74) is 3.75. The van der Waals surface area contributed by atoms with Crippen LogP contribution in [0.5, 0.6) is 0 Å². The first-order chi connectivity index (χ1) is 13.0. The summed E-state index contributed by atoms with van der Waals surface area (Å²) in [4.78, 5) is 30.1. The number of aromatic nitrogens is 1. The van der Waals surface area contributed by atoms with Crippen LogP contribution in [0.3, 0.4) is 0 Å². The van der Waals surface area contributed by atoms with E-state index >= 15 is 0 Å². The molecule has 1 saturated heterocycles. The number of fused-ring (bicyclic) bond motifs is 1. The number of likely N-dealkylation sites (tertiary alicyclic amines) is 1. The first kappa shape index (κ1) is 17.3. The lowest BCUT2D eigenvalue weighted by molar-refractivity contribution is -0.147. The van der Waals surface area contributed by atoms with Crippen molar-refractivity contribution in [3.63, 3.8) is 0 Å². The van der Waals surface area contributed by atoms with E-state index in [2.05, 4.69) is 24.1 Å². The van der Waals surface area contributed by atoms with Crippen molar-refractivity contribution in [3.05, 3.63) is 65.9 Å². The number of nitrogens with zero attached hydrogens (tertiary/aromatic N) is 1. The maximum atomic E-state index is 13.1. The molecule has 1 atom stereocenters. The number of hydrogen-bond acceptors (Lipinski definition) is 2. The van der Waals surface area contributed by atoms with E-state index in [9.17, 15) is 9.59 Å². The van der Waals surface area contributed by atoms with Gasteiger partial charge in [0.15, 0.2) is 0 Å². The Labute approximate surface area is 158 Å². The fraction of sp³-hybridized carbons (Fsp3) is 0.273. The van der Waals surface area contributed by atoms with Crippen molar-refractivity contribution in [1.29, 1.82) is 0 Å². The summed E-state index contributed by atoms with van der Waals surface area (Å²) < 4.78 is 0. The fourth-order valence-electron chi connectivity index (χ4n) is 3.54. The second kappa shape index (κ2) is 6.91. The molecule has 2 N–H and O–H groups in total. The molecule has 0 unspecified atom stereocenters. The molecule has 0 aliphatic carbocycles. The zero-order chi connectivity index (χ0) is 19.0. The van der Waals surface area contributed by atoms with Gasteiger partial charge in [0.2, 0.25) is 5.91 Å². The van der Waals surface area contributed by atoms with Crippen molar-refractivity contribution in [2.75, 3.05) is 11.9 Å². The molecule has 27 heavy (non-hydrogen) atoms. The summed E-state index contributed by atoms with van der Waals surface area (Å²) in [6.45, 7) is 4.87. The largest absolute Gasteiger partial charge is 0.361 e. The van der Waals surface area contributed by atoms with Crippen molar-refractivity contribution in [2.45, 2.75) is 32.2 Å². The Morgan fingerprint density at radius 3 is 2.48 bits per heavy atom. The third kappa shape index (κ3) is 3.21. The molecule has 3 aromatic rings. The standard InChI is InChI=1S/C22H23N3O2/c1-14(2)15-7-9-16(10-8-15)24-22(27)21(25-12-11-20(25)26)18-13-23-19-6-4-3-5-17(18)19/h3-10,13-14,21,23H,11-12H2,1-2H3,(H,24,27)/t21-/m1/s1. The number of para-hydroxylation sites is 1. The highest BCUT2D eigenvalue weighted by molar-refractivity contribution is 6.01. The molecule has 1 aromatic heterocycles. The van der Waals surface area contributed by atoms with Crippen molar-refractivity contribution in [1.82, 2.24) is 9.88 Å². The highest BCUT2D eigenvalue weighted by atomic mass is 16.2. The Hall–Kier alpha value is -3.08. The maximum absolute atomic E-state index is 13.1. The lowest BCUT2D eigenvalue weighted by Crippen LogP contribution is -2.49. The van der Waals surface area contributed by atoms with Gasteiger partial charge in [-0.1, -0.05) is 44.2 Å². The van der Waals surface area contributed by atoms with Crippen LogP contribution in [0.15, 0.2) is 54.7 Å². The van der Waals surface area contributed by atoms with Crippen LogP contribution in [-0.4, -0.2) is 28.2 Å². The molecule has 4 rings (SSSR count). The number of anilines is 1. The van der Waals surface area contributed by atoms with E-state index in [4.69, 9.17) is 0 Å². The minimum Gasteiger partial charge on any atom is -0.361 e. The number of carbonyl (C=O) groups is 2. The second-order valence-corrected chi connectivity index (χ2v) is 7.30. The highest BCUT2D eigenvalue weighted by Gasteiger charge is 2.37. The summed E-state index contributed by atoms with van der Waals surface area (Å²) in [7, 11) is 0. The van der Waals surface area contributed by atoms with E-state index in [0.29, 0.717) is 18.9 Å². The van der Waals surface area contributed by atoms with Crippen LogP contribution < -0.4 is 5.32 Å². The molecule has 2 heterocycles. The Morgan fingerprint density at radius 1 is 1.11 bits per heavy atom. The predicted octanol–water partition coefficient (Wildman–Crippen LogP) is 4.20. The minimum atomic E-state index is -0.632. The molecule has 2 amide bonds. The summed E-state index contributed by atoms with van der Waals surface area (Å²) in [5, 5.41) is 3.95. The number of hydrogen-bond donors (Lipinski definition) is 2. The molecular formula is C22H23N3O2. The number of rotatable bonds is 5. The summed E-state index contributed by atoms with van der Waals surface area (Å²) in [6, 6.07) is 15.1. The molecule has 5 nitrogen and oxygen atoms in total. The van der Waals surface area contributed by atoms with Gasteiger partial charge in [-0.25, -0.2) is 0 Å². The van der Waals surface area contributed by atoms with Crippen LogP contribution in [0.1, 0.15) is 43.4 Å². The minimum absolute atomic E-state index is 0.00980. The summed E-state index contributed by atoms with van der Waals surface area (Å²) >= 11 is 0. The maximum Gasteiger partial charge on any atom is 0.251 e. The smallest absolute Gasteiger partial charge is 0.251 e. The van der Waals surface area contributed by atoms with Crippen LogP contribution in [0.2, 0.25) is 0 Å². The van der Waals surface area contributed by atoms with E-state index in [1.807, 2.05) is 54.7 Å². The number of benzene rings is 2. The Balaban J connectivity index is 1.64. The van der Waals surface area contributed by atoms with Gasteiger partial charge in [0, 0.05) is 41.3 Å². The third-order valence-electron chi connectivity index (χ3n) is 5.21. The number of carbonyl (C=O) groups excluding carboxylic acids is 2. The fourth-order valence-corrected chi connectivity index (χ4v) is 3.54.